The van der Waals surface area contributed by atoms with Crippen LogP contribution in [-0.2, 0) is 13.1 Å². The van der Waals surface area contributed by atoms with Crippen LogP contribution in [0, 0.1) is 0 Å². The van der Waals surface area contributed by atoms with Crippen molar-refractivity contribution in [3.63, 3.8) is 0 Å². The Hall–Kier alpha value is -2.85. The molecule has 0 bridgehead atoms. The normalized spacial score (nSPS) is 10.9. The van der Waals surface area contributed by atoms with Gasteiger partial charge in [0.05, 0.1) is 0 Å². The highest BCUT2D eigenvalue weighted by Gasteiger charge is 2.06. The molecule has 1 N–H and O–H groups in total. The Morgan fingerprint density at radius 1 is 0.889 bits per heavy atom. The van der Waals surface area contributed by atoms with Crippen molar-refractivity contribution in [2.45, 2.75) is 26.9 Å². The summed E-state index contributed by atoms with van der Waals surface area (Å²) in [5, 5.41) is 3.00. The van der Waals surface area contributed by atoms with Crippen LogP contribution >= 0.6 is 0 Å². The topological polar surface area (TPSA) is 37.3 Å². The second-order valence-electron chi connectivity index (χ2n) is 6.60. The molecule has 1 aromatic heterocycles. The fraction of sp³-hybridized carbons (Fsp3) is 0.261. The Morgan fingerprint density at radius 3 is 2.07 bits per heavy atom. The summed E-state index contributed by atoms with van der Waals surface area (Å²) < 4.78 is 2.02. The molecule has 0 aliphatic carbocycles. The highest BCUT2D eigenvalue weighted by atomic mass is 16.1. The monoisotopic (exact) mass is 361 g/mol. The summed E-state index contributed by atoms with van der Waals surface area (Å²) in [4.78, 5) is 14.8. The summed E-state index contributed by atoms with van der Waals surface area (Å²) in [6, 6.07) is 20.1. The first-order valence-electron chi connectivity index (χ1n) is 9.51. The van der Waals surface area contributed by atoms with E-state index in [1.165, 1.54) is 5.56 Å². The Bertz CT molecular complexity index is 832. The standard InChI is InChI=1S/C23H27N3O/c1-3-25(4-2)18-20-9-7-19(8-10-20)17-24-23(27)21-11-13-22(14-12-21)26-15-5-6-16-26/h5-16H,3-4,17-18H2,1-2H3,(H,24,27). The maximum Gasteiger partial charge on any atom is 0.251 e. The molecule has 0 aliphatic rings. The van der Waals surface area contributed by atoms with E-state index >= 15 is 0 Å². The lowest BCUT2D eigenvalue weighted by Crippen LogP contribution is -2.23. The third-order valence-electron chi connectivity index (χ3n) is 4.81. The maximum atomic E-state index is 12.4. The van der Waals surface area contributed by atoms with Gasteiger partial charge in [0.1, 0.15) is 0 Å². The lowest BCUT2D eigenvalue weighted by atomic mass is 10.1. The molecule has 3 aromatic rings. The number of carbonyl (C=O) groups is 1. The van der Waals surface area contributed by atoms with E-state index in [-0.39, 0.29) is 5.91 Å². The number of nitrogens with zero attached hydrogens (tertiary/aromatic N) is 2. The summed E-state index contributed by atoms with van der Waals surface area (Å²) in [7, 11) is 0. The number of benzene rings is 2. The molecule has 4 heteroatoms. The van der Waals surface area contributed by atoms with Crippen molar-refractivity contribution in [1.29, 1.82) is 0 Å². The highest BCUT2D eigenvalue weighted by Crippen LogP contribution is 2.11. The molecule has 3 rings (SSSR count). The molecule has 1 heterocycles. The van der Waals surface area contributed by atoms with Gasteiger partial charge in [0, 0.05) is 36.7 Å². The number of nitrogens with one attached hydrogen (secondary N) is 1. The summed E-state index contributed by atoms with van der Waals surface area (Å²) in [5.74, 6) is -0.0544. The minimum atomic E-state index is -0.0544. The quantitative estimate of drug-likeness (QED) is 0.651. The number of amides is 1. The van der Waals surface area contributed by atoms with Gasteiger partial charge in [0.2, 0.25) is 0 Å². The van der Waals surface area contributed by atoms with Crippen LogP contribution in [0.25, 0.3) is 5.69 Å². The number of hydrogen-bond acceptors (Lipinski definition) is 2. The third-order valence-corrected chi connectivity index (χ3v) is 4.81. The van der Waals surface area contributed by atoms with Crippen LogP contribution in [0.5, 0.6) is 0 Å². The van der Waals surface area contributed by atoms with Crippen LogP contribution in [0.1, 0.15) is 35.3 Å². The van der Waals surface area contributed by atoms with Crippen LogP contribution in [0.2, 0.25) is 0 Å². The number of hydrogen-bond donors (Lipinski definition) is 1. The molecule has 0 radical (unpaired) electrons. The van der Waals surface area contributed by atoms with Crippen molar-refractivity contribution in [3.05, 3.63) is 89.7 Å². The van der Waals surface area contributed by atoms with Crippen LogP contribution in [0.15, 0.2) is 73.1 Å². The second-order valence-corrected chi connectivity index (χ2v) is 6.60. The zero-order valence-electron chi connectivity index (χ0n) is 16.1. The summed E-state index contributed by atoms with van der Waals surface area (Å²) in [6.45, 7) is 7.96. The van der Waals surface area contributed by atoms with Gasteiger partial charge in [-0.2, -0.15) is 0 Å². The molecular formula is C23H27N3O. The minimum absolute atomic E-state index is 0.0544. The molecule has 0 atom stereocenters. The number of carbonyl (C=O) groups excluding carboxylic acids is 1. The number of aromatic nitrogens is 1. The average Bonchev–Trinajstić information content (AvgIpc) is 3.26. The number of rotatable bonds is 8. The van der Waals surface area contributed by atoms with Gasteiger partial charge < -0.3 is 9.88 Å². The first kappa shape index (κ1) is 18.9. The van der Waals surface area contributed by atoms with Gasteiger partial charge in [-0.05, 0) is 60.6 Å². The van der Waals surface area contributed by atoms with Crippen molar-refractivity contribution in [2.75, 3.05) is 13.1 Å². The lowest BCUT2D eigenvalue weighted by Gasteiger charge is -2.18. The average molecular weight is 361 g/mol. The van der Waals surface area contributed by atoms with E-state index in [1.807, 2.05) is 53.4 Å². The van der Waals surface area contributed by atoms with Gasteiger partial charge in [-0.1, -0.05) is 38.1 Å². The first-order valence-corrected chi connectivity index (χ1v) is 9.51. The van der Waals surface area contributed by atoms with Crippen molar-refractivity contribution < 1.29 is 4.79 Å². The fourth-order valence-corrected chi connectivity index (χ4v) is 3.04. The van der Waals surface area contributed by atoms with Crippen molar-refractivity contribution in [1.82, 2.24) is 14.8 Å². The Morgan fingerprint density at radius 2 is 1.48 bits per heavy atom. The van der Waals surface area contributed by atoms with E-state index in [2.05, 4.69) is 48.3 Å². The minimum Gasteiger partial charge on any atom is -0.348 e. The first-order chi connectivity index (χ1) is 13.2. The van der Waals surface area contributed by atoms with Crippen LogP contribution in [0.3, 0.4) is 0 Å². The molecule has 0 saturated carbocycles. The van der Waals surface area contributed by atoms with Crippen molar-refractivity contribution in [2.24, 2.45) is 0 Å². The molecule has 140 valence electrons. The van der Waals surface area contributed by atoms with E-state index in [1.54, 1.807) is 0 Å². The molecule has 27 heavy (non-hydrogen) atoms. The molecule has 0 spiro atoms. The largest absolute Gasteiger partial charge is 0.348 e. The molecule has 1 amide bonds. The summed E-state index contributed by atoms with van der Waals surface area (Å²) in [6.07, 6.45) is 3.97. The van der Waals surface area contributed by atoms with Gasteiger partial charge >= 0.3 is 0 Å². The smallest absolute Gasteiger partial charge is 0.251 e. The van der Waals surface area contributed by atoms with Crippen molar-refractivity contribution in [3.8, 4) is 5.69 Å². The summed E-state index contributed by atoms with van der Waals surface area (Å²) >= 11 is 0. The maximum absolute atomic E-state index is 12.4. The van der Waals surface area contributed by atoms with Crippen LogP contribution < -0.4 is 5.32 Å². The van der Waals surface area contributed by atoms with E-state index in [9.17, 15) is 4.79 Å². The third kappa shape index (κ3) is 5.08. The van der Waals surface area contributed by atoms with E-state index in [0.717, 1.165) is 30.9 Å². The fourth-order valence-electron chi connectivity index (χ4n) is 3.04. The van der Waals surface area contributed by atoms with Gasteiger partial charge in [-0.25, -0.2) is 0 Å². The SMILES string of the molecule is CCN(CC)Cc1ccc(CNC(=O)c2ccc(-n3cccc3)cc2)cc1. The molecule has 0 unspecified atom stereocenters. The summed E-state index contributed by atoms with van der Waals surface area (Å²) in [5.41, 5.74) is 4.12. The van der Waals surface area contributed by atoms with Gasteiger partial charge in [-0.15, -0.1) is 0 Å². The molecule has 0 fully saturated rings. The Balaban J connectivity index is 1.54. The van der Waals surface area contributed by atoms with Gasteiger partial charge in [0.15, 0.2) is 0 Å². The zero-order valence-corrected chi connectivity index (χ0v) is 16.1. The lowest BCUT2D eigenvalue weighted by molar-refractivity contribution is 0.0951. The predicted molar refractivity (Wildman–Crippen MR) is 110 cm³/mol. The zero-order chi connectivity index (χ0) is 19.1. The van der Waals surface area contributed by atoms with E-state index < -0.39 is 0 Å². The molecule has 4 nitrogen and oxygen atoms in total. The molecule has 0 aliphatic heterocycles. The second kappa shape index (κ2) is 9.19. The van der Waals surface area contributed by atoms with Crippen molar-refractivity contribution >= 4 is 5.91 Å². The van der Waals surface area contributed by atoms with E-state index in [0.29, 0.717) is 12.1 Å². The predicted octanol–water partition coefficient (Wildman–Crippen LogP) is 4.25. The van der Waals surface area contributed by atoms with Crippen LogP contribution in [0.4, 0.5) is 0 Å². The Labute approximate surface area is 161 Å². The highest BCUT2D eigenvalue weighted by molar-refractivity contribution is 5.94. The van der Waals surface area contributed by atoms with Gasteiger partial charge in [-0.3, -0.25) is 9.69 Å². The molecule has 2 aromatic carbocycles. The molecular weight excluding hydrogens is 334 g/mol. The molecule has 0 saturated heterocycles. The van der Waals surface area contributed by atoms with Crippen LogP contribution in [-0.4, -0.2) is 28.5 Å². The Kier molecular flexibility index (Phi) is 6.44. The van der Waals surface area contributed by atoms with E-state index in [4.69, 9.17) is 0 Å². The van der Waals surface area contributed by atoms with Gasteiger partial charge in [0.25, 0.3) is 5.91 Å².